The lowest BCUT2D eigenvalue weighted by molar-refractivity contribution is -0.360. The molecule has 0 aromatic carbocycles. The average molecular weight is 183 g/mol. The maximum Gasteiger partial charge on any atom is 0.402 e. The van der Waals surface area contributed by atoms with Gasteiger partial charge < -0.3 is 9.84 Å². The monoisotopic (exact) mass is 183 g/mol. The third-order valence-corrected chi connectivity index (χ3v) is 0.815. The zero-order valence-electron chi connectivity index (χ0n) is 6.14. The van der Waals surface area contributed by atoms with Crippen molar-refractivity contribution in [2.75, 3.05) is 6.61 Å². The number of esters is 1. The van der Waals surface area contributed by atoms with Gasteiger partial charge in [-0.15, -0.1) is 0 Å². The van der Waals surface area contributed by atoms with Gasteiger partial charge >= 0.3 is 12.1 Å². The molecule has 6 heteroatoms. The van der Waals surface area contributed by atoms with Crippen LogP contribution in [0.15, 0.2) is 11.8 Å². The maximum absolute atomic E-state index is 11.5. The molecule has 0 amide bonds. The molecule has 70 valence electrons. The summed E-state index contributed by atoms with van der Waals surface area (Å²) in [6.45, 7) is 1.35. The fourth-order valence-electron chi connectivity index (χ4n) is 0.373. The molecule has 0 bridgehead atoms. The maximum atomic E-state index is 11.5. The molecule has 0 atom stereocenters. The van der Waals surface area contributed by atoms with Gasteiger partial charge in [-0.2, -0.15) is 13.2 Å². The summed E-state index contributed by atoms with van der Waals surface area (Å²) in [5, 5.41) is 10.1. The first kappa shape index (κ1) is 10.8. The Morgan fingerprint density at radius 3 is 2.42 bits per heavy atom. The van der Waals surface area contributed by atoms with Gasteiger partial charge in [-0.05, 0) is 12.7 Å². The van der Waals surface area contributed by atoms with Crippen molar-refractivity contribution in [3.63, 3.8) is 0 Å². The SMILES string of the molecule is CCOC(=O)/C=C(\[O-])C(F)(F)F. The van der Waals surface area contributed by atoms with E-state index in [0.717, 1.165) is 0 Å². The molecular weight excluding hydrogens is 177 g/mol. The molecule has 0 unspecified atom stereocenters. The van der Waals surface area contributed by atoms with Crippen LogP contribution in [0.25, 0.3) is 0 Å². The smallest absolute Gasteiger partial charge is 0.402 e. The first-order valence-corrected chi connectivity index (χ1v) is 3.00. The zero-order valence-corrected chi connectivity index (χ0v) is 6.14. The Hall–Kier alpha value is -1.20. The number of allylic oxidation sites excluding steroid dienone is 1. The van der Waals surface area contributed by atoms with Crippen LogP contribution in [0.4, 0.5) is 13.2 Å². The molecule has 0 spiro atoms. The van der Waals surface area contributed by atoms with E-state index in [1.807, 2.05) is 0 Å². The first-order valence-electron chi connectivity index (χ1n) is 3.00. The molecule has 3 nitrogen and oxygen atoms in total. The summed E-state index contributed by atoms with van der Waals surface area (Å²) in [5.41, 5.74) is 0. The molecule has 0 rings (SSSR count). The second-order valence-electron chi connectivity index (χ2n) is 1.76. The minimum Gasteiger partial charge on any atom is -0.869 e. The second-order valence-corrected chi connectivity index (χ2v) is 1.76. The van der Waals surface area contributed by atoms with E-state index in [0.29, 0.717) is 0 Å². The fraction of sp³-hybridized carbons (Fsp3) is 0.500. The standard InChI is InChI=1S/C6H7F3O3/c1-2-12-5(11)3-4(10)6(7,8)9/h3,10H,2H2,1H3/p-1/b4-3-. The number of carbonyl (C=O) groups is 1. The minimum absolute atomic E-state index is 0.0690. The van der Waals surface area contributed by atoms with E-state index in [-0.39, 0.29) is 12.7 Å². The number of carbonyl (C=O) groups excluding carboxylic acids is 1. The fourth-order valence-corrected chi connectivity index (χ4v) is 0.373. The molecule has 0 N–H and O–H groups in total. The van der Waals surface area contributed by atoms with E-state index >= 15 is 0 Å². The third kappa shape index (κ3) is 3.85. The lowest BCUT2D eigenvalue weighted by atomic mass is 10.4. The highest BCUT2D eigenvalue weighted by molar-refractivity contribution is 5.82. The van der Waals surface area contributed by atoms with Crippen LogP contribution in [0.3, 0.4) is 0 Å². The van der Waals surface area contributed by atoms with E-state index < -0.39 is 17.9 Å². The van der Waals surface area contributed by atoms with E-state index in [2.05, 4.69) is 4.74 Å². The van der Waals surface area contributed by atoms with E-state index in [9.17, 15) is 23.1 Å². The Morgan fingerprint density at radius 2 is 2.08 bits per heavy atom. The van der Waals surface area contributed by atoms with Gasteiger partial charge in [0.25, 0.3) is 0 Å². The molecule has 0 heterocycles. The van der Waals surface area contributed by atoms with Crippen LogP contribution in [0, 0.1) is 0 Å². The summed E-state index contributed by atoms with van der Waals surface area (Å²) >= 11 is 0. The van der Waals surface area contributed by atoms with Gasteiger partial charge in [-0.25, -0.2) is 4.79 Å². The Bertz CT molecular complexity index is 195. The van der Waals surface area contributed by atoms with Crippen molar-refractivity contribution in [2.45, 2.75) is 13.1 Å². The predicted octanol–water partition coefficient (Wildman–Crippen LogP) is 0.356. The molecule has 0 saturated carbocycles. The highest BCUT2D eigenvalue weighted by Gasteiger charge is 2.26. The third-order valence-electron chi connectivity index (χ3n) is 0.815. The van der Waals surface area contributed by atoms with Crippen LogP contribution in [-0.2, 0) is 9.53 Å². The molecule has 12 heavy (non-hydrogen) atoms. The molecule has 0 fully saturated rings. The van der Waals surface area contributed by atoms with Crippen molar-refractivity contribution in [3.05, 3.63) is 11.8 Å². The zero-order chi connectivity index (χ0) is 9.78. The number of hydrogen-bond donors (Lipinski definition) is 0. The Balaban J connectivity index is 4.26. The summed E-state index contributed by atoms with van der Waals surface area (Å²) in [6.07, 6.45) is -5.13. The number of hydrogen-bond acceptors (Lipinski definition) is 3. The van der Waals surface area contributed by atoms with Crippen LogP contribution in [0.1, 0.15) is 6.92 Å². The van der Waals surface area contributed by atoms with E-state index in [1.54, 1.807) is 0 Å². The van der Waals surface area contributed by atoms with Gasteiger partial charge in [0.2, 0.25) is 0 Å². The van der Waals surface area contributed by atoms with Crippen LogP contribution >= 0.6 is 0 Å². The number of alkyl halides is 3. The minimum atomic E-state index is -5.01. The van der Waals surface area contributed by atoms with E-state index in [1.165, 1.54) is 6.92 Å². The Morgan fingerprint density at radius 1 is 1.58 bits per heavy atom. The normalized spacial score (nSPS) is 12.8. The van der Waals surface area contributed by atoms with Gasteiger partial charge in [-0.3, -0.25) is 0 Å². The van der Waals surface area contributed by atoms with Crippen molar-refractivity contribution >= 4 is 5.97 Å². The largest absolute Gasteiger partial charge is 0.869 e. The van der Waals surface area contributed by atoms with Gasteiger partial charge in [0, 0.05) is 6.08 Å². The summed E-state index contributed by atoms with van der Waals surface area (Å²) < 4.78 is 38.5. The van der Waals surface area contributed by atoms with Crippen LogP contribution in [-0.4, -0.2) is 18.8 Å². The van der Waals surface area contributed by atoms with Gasteiger partial charge in [-0.1, -0.05) is 0 Å². The molecule has 0 saturated heterocycles. The summed E-state index contributed by atoms with van der Waals surface area (Å²) in [7, 11) is 0. The van der Waals surface area contributed by atoms with Crippen LogP contribution < -0.4 is 5.11 Å². The first-order chi connectivity index (χ1) is 5.38. The predicted molar refractivity (Wildman–Crippen MR) is 30.8 cm³/mol. The number of rotatable bonds is 2. The van der Waals surface area contributed by atoms with Crippen molar-refractivity contribution < 1.29 is 27.8 Å². The topological polar surface area (TPSA) is 49.4 Å². The van der Waals surface area contributed by atoms with Gasteiger partial charge in [0.15, 0.2) is 0 Å². The molecule has 0 radical (unpaired) electrons. The summed E-state index contributed by atoms with van der Waals surface area (Å²) in [6, 6.07) is 0. The van der Waals surface area contributed by atoms with Gasteiger partial charge in [0.05, 0.1) is 6.61 Å². The quantitative estimate of drug-likeness (QED) is 0.352. The van der Waals surface area contributed by atoms with Crippen molar-refractivity contribution in [2.24, 2.45) is 0 Å². The molecular formula is C6H6F3O3-. The van der Waals surface area contributed by atoms with Crippen LogP contribution in [0.2, 0.25) is 0 Å². The highest BCUT2D eigenvalue weighted by atomic mass is 19.4. The molecule has 0 aromatic rings. The average Bonchev–Trinajstić information content (AvgIpc) is 1.85. The highest BCUT2D eigenvalue weighted by Crippen LogP contribution is 2.20. The second kappa shape index (κ2) is 3.99. The summed E-state index contributed by atoms with van der Waals surface area (Å²) in [5.74, 6) is -3.49. The van der Waals surface area contributed by atoms with Gasteiger partial charge in [0.1, 0.15) is 0 Å². The lowest BCUT2D eigenvalue weighted by Crippen LogP contribution is -2.24. The number of ether oxygens (including phenoxy) is 1. The van der Waals surface area contributed by atoms with Crippen molar-refractivity contribution in [1.82, 2.24) is 0 Å². The molecule has 0 aliphatic carbocycles. The van der Waals surface area contributed by atoms with Crippen molar-refractivity contribution in [3.8, 4) is 0 Å². The number of halogens is 3. The summed E-state index contributed by atoms with van der Waals surface area (Å²) in [4.78, 5) is 10.3. The van der Waals surface area contributed by atoms with Crippen LogP contribution in [0.5, 0.6) is 0 Å². The van der Waals surface area contributed by atoms with Crippen molar-refractivity contribution in [1.29, 1.82) is 0 Å². The molecule has 0 aromatic heterocycles. The Labute approximate surface area is 66.4 Å². The Kier molecular flexibility index (Phi) is 3.59. The van der Waals surface area contributed by atoms with E-state index in [4.69, 9.17) is 0 Å². The molecule has 0 aliphatic rings. The lowest BCUT2D eigenvalue weighted by Gasteiger charge is -2.14. The molecule has 0 aliphatic heterocycles.